The van der Waals surface area contributed by atoms with Gasteiger partial charge in [0, 0.05) is 55.4 Å². The van der Waals surface area contributed by atoms with Crippen molar-refractivity contribution in [1.82, 2.24) is 9.13 Å². The van der Waals surface area contributed by atoms with Crippen LogP contribution in [0.2, 0.25) is 0 Å². The fraction of sp³-hybridized carbons (Fsp3) is 0.0435. The molecule has 14 rings (SSSR count). The standard InChI is InChI=1S/C69H49N3/c1-69(2)63-43-50(49-32-41-67-62(42-49)60-23-13-15-25-66(60)71(67)52-18-8-4-9-19-52)30-38-57(63)58-40-37-56(45-64(58)69)70(54-33-26-47(27-34-54)46-16-6-3-7-17-46)55-35-28-48(29-36-55)51-31-39-61-59-22-12-14-24-65(59)72(68(61)44-51)53-20-10-5-11-21-53/h3-45H,1-2H3. The summed E-state index contributed by atoms with van der Waals surface area (Å²) in [6.45, 7) is 4.79. The molecule has 0 bridgehead atoms. The Morgan fingerprint density at radius 2 is 0.681 bits per heavy atom. The van der Waals surface area contributed by atoms with Crippen LogP contribution in [0.3, 0.4) is 0 Å². The number of anilines is 3. The van der Waals surface area contributed by atoms with Crippen molar-refractivity contribution in [2.45, 2.75) is 19.3 Å². The minimum atomic E-state index is -0.238. The number of hydrogen-bond donors (Lipinski definition) is 0. The minimum Gasteiger partial charge on any atom is -0.310 e. The van der Waals surface area contributed by atoms with Crippen molar-refractivity contribution in [1.29, 1.82) is 0 Å². The van der Waals surface area contributed by atoms with Crippen LogP contribution < -0.4 is 4.90 Å². The second-order valence-electron chi connectivity index (χ2n) is 19.8. The molecule has 0 amide bonds. The van der Waals surface area contributed by atoms with Gasteiger partial charge in [-0.1, -0.05) is 178 Å². The smallest absolute Gasteiger partial charge is 0.0547 e. The van der Waals surface area contributed by atoms with E-state index in [1.54, 1.807) is 0 Å². The Balaban J connectivity index is 0.843. The van der Waals surface area contributed by atoms with E-state index >= 15 is 0 Å². The average Bonchev–Trinajstić information content (AvgIpc) is 4.04. The molecular formula is C69H49N3. The zero-order chi connectivity index (χ0) is 47.9. The molecule has 1 aliphatic carbocycles. The van der Waals surface area contributed by atoms with Crippen LogP contribution in [0.1, 0.15) is 25.0 Å². The van der Waals surface area contributed by atoms with Crippen LogP contribution in [-0.4, -0.2) is 9.13 Å². The number of hydrogen-bond acceptors (Lipinski definition) is 1. The lowest BCUT2D eigenvalue weighted by Gasteiger charge is -2.28. The SMILES string of the molecule is CC1(C)c2cc(-c3ccc4c(c3)c3ccccc3n4-c3ccccc3)ccc2-c2ccc(N(c3ccc(-c4ccccc4)cc3)c3ccc(-c4ccc5c6ccccc6n(-c6ccccc6)c5c4)cc3)cc21. The van der Waals surface area contributed by atoms with E-state index in [9.17, 15) is 0 Å². The topological polar surface area (TPSA) is 13.1 Å². The molecule has 3 heteroatoms. The maximum atomic E-state index is 2.45. The predicted molar refractivity (Wildman–Crippen MR) is 304 cm³/mol. The third-order valence-corrected chi connectivity index (χ3v) is 15.3. The fourth-order valence-corrected chi connectivity index (χ4v) is 11.7. The summed E-state index contributed by atoms with van der Waals surface area (Å²) < 4.78 is 4.78. The summed E-state index contributed by atoms with van der Waals surface area (Å²) >= 11 is 0. The van der Waals surface area contributed by atoms with Gasteiger partial charge in [0.05, 0.1) is 22.1 Å². The van der Waals surface area contributed by atoms with Crippen molar-refractivity contribution in [3.63, 3.8) is 0 Å². The first kappa shape index (κ1) is 41.8. The molecule has 0 saturated carbocycles. The first-order valence-corrected chi connectivity index (χ1v) is 25.0. The van der Waals surface area contributed by atoms with Gasteiger partial charge in [-0.3, -0.25) is 0 Å². The van der Waals surface area contributed by atoms with Crippen LogP contribution in [0, 0.1) is 0 Å². The molecule has 0 fully saturated rings. The maximum absolute atomic E-state index is 2.45. The number of benzene rings is 11. The van der Waals surface area contributed by atoms with Crippen LogP contribution in [0.25, 0.3) is 99.5 Å². The van der Waals surface area contributed by atoms with Gasteiger partial charge in [-0.25, -0.2) is 0 Å². The molecule has 2 heterocycles. The van der Waals surface area contributed by atoms with Gasteiger partial charge in [-0.2, -0.15) is 0 Å². The zero-order valence-electron chi connectivity index (χ0n) is 40.2. The van der Waals surface area contributed by atoms with Crippen LogP contribution >= 0.6 is 0 Å². The van der Waals surface area contributed by atoms with Crippen LogP contribution in [0.5, 0.6) is 0 Å². The highest BCUT2D eigenvalue weighted by molar-refractivity contribution is 6.11. The monoisotopic (exact) mass is 919 g/mol. The Morgan fingerprint density at radius 1 is 0.278 bits per heavy atom. The zero-order valence-corrected chi connectivity index (χ0v) is 40.2. The molecule has 0 unspecified atom stereocenters. The van der Waals surface area contributed by atoms with Crippen molar-refractivity contribution in [3.8, 4) is 55.9 Å². The number of fused-ring (bicyclic) bond motifs is 9. The third-order valence-electron chi connectivity index (χ3n) is 15.3. The lowest BCUT2D eigenvalue weighted by atomic mass is 9.81. The third kappa shape index (κ3) is 6.66. The summed E-state index contributed by atoms with van der Waals surface area (Å²) in [4.78, 5) is 2.42. The second-order valence-corrected chi connectivity index (χ2v) is 19.8. The van der Waals surface area contributed by atoms with Crippen LogP contribution in [0.15, 0.2) is 261 Å². The molecule has 72 heavy (non-hydrogen) atoms. The quantitative estimate of drug-likeness (QED) is 0.148. The van der Waals surface area contributed by atoms with Gasteiger partial charge in [0.15, 0.2) is 0 Å². The molecule has 0 aliphatic heterocycles. The maximum Gasteiger partial charge on any atom is 0.0547 e. The molecule has 13 aromatic rings. The van der Waals surface area contributed by atoms with E-state index in [1.165, 1.54) is 105 Å². The van der Waals surface area contributed by atoms with E-state index in [2.05, 4.69) is 289 Å². The molecule has 0 N–H and O–H groups in total. The molecule has 11 aromatic carbocycles. The lowest BCUT2D eigenvalue weighted by Crippen LogP contribution is -2.16. The van der Waals surface area contributed by atoms with Gasteiger partial charge in [0.25, 0.3) is 0 Å². The second kappa shape index (κ2) is 16.5. The van der Waals surface area contributed by atoms with Gasteiger partial charge < -0.3 is 14.0 Å². The molecule has 0 saturated heterocycles. The first-order chi connectivity index (χ1) is 35.5. The highest BCUT2D eigenvalue weighted by Gasteiger charge is 2.36. The van der Waals surface area contributed by atoms with Crippen molar-refractivity contribution >= 4 is 60.7 Å². The molecule has 2 aromatic heterocycles. The van der Waals surface area contributed by atoms with Crippen molar-refractivity contribution < 1.29 is 0 Å². The van der Waals surface area contributed by atoms with Gasteiger partial charge in [0.1, 0.15) is 0 Å². The first-order valence-electron chi connectivity index (χ1n) is 25.0. The van der Waals surface area contributed by atoms with E-state index in [1.807, 2.05) is 0 Å². The Hall–Kier alpha value is -9.18. The normalized spacial score (nSPS) is 12.7. The van der Waals surface area contributed by atoms with E-state index in [4.69, 9.17) is 0 Å². The van der Waals surface area contributed by atoms with Gasteiger partial charge in [0.2, 0.25) is 0 Å². The highest BCUT2D eigenvalue weighted by Crippen LogP contribution is 2.52. The number of para-hydroxylation sites is 4. The summed E-state index contributed by atoms with van der Waals surface area (Å²) in [5, 5.41) is 5.04. The van der Waals surface area contributed by atoms with Crippen molar-refractivity contribution in [2.75, 3.05) is 4.90 Å². The average molecular weight is 920 g/mol. The molecule has 3 nitrogen and oxygen atoms in total. The number of nitrogens with zero attached hydrogens (tertiary/aromatic N) is 3. The molecule has 0 radical (unpaired) electrons. The summed E-state index contributed by atoms with van der Waals surface area (Å²) in [5.41, 5.74) is 22.8. The summed E-state index contributed by atoms with van der Waals surface area (Å²) in [5.74, 6) is 0. The van der Waals surface area contributed by atoms with E-state index in [0.29, 0.717) is 0 Å². The summed E-state index contributed by atoms with van der Waals surface area (Å²) in [6.07, 6.45) is 0. The van der Waals surface area contributed by atoms with E-state index in [0.717, 1.165) is 22.7 Å². The molecule has 340 valence electrons. The van der Waals surface area contributed by atoms with Crippen LogP contribution in [-0.2, 0) is 5.41 Å². The number of aromatic nitrogens is 2. The molecule has 0 atom stereocenters. The minimum absolute atomic E-state index is 0.238. The van der Waals surface area contributed by atoms with Crippen molar-refractivity contribution in [3.05, 3.63) is 272 Å². The summed E-state index contributed by atoms with van der Waals surface area (Å²) in [6, 6.07) is 95.8. The Morgan fingerprint density at radius 3 is 1.32 bits per heavy atom. The largest absolute Gasteiger partial charge is 0.310 e. The Kier molecular flexibility index (Phi) is 9.56. The predicted octanol–water partition coefficient (Wildman–Crippen LogP) is 18.7. The molecule has 1 aliphatic rings. The van der Waals surface area contributed by atoms with Crippen LogP contribution in [0.4, 0.5) is 17.1 Å². The highest BCUT2D eigenvalue weighted by atomic mass is 15.1. The van der Waals surface area contributed by atoms with Gasteiger partial charge in [-0.15, -0.1) is 0 Å². The Labute approximate surface area is 419 Å². The summed E-state index contributed by atoms with van der Waals surface area (Å²) in [7, 11) is 0. The van der Waals surface area contributed by atoms with Crippen molar-refractivity contribution in [2.24, 2.45) is 0 Å². The lowest BCUT2D eigenvalue weighted by molar-refractivity contribution is 0.660. The molecule has 0 spiro atoms. The van der Waals surface area contributed by atoms with Gasteiger partial charge >= 0.3 is 0 Å². The number of rotatable bonds is 8. The fourth-order valence-electron chi connectivity index (χ4n) is 11.7. The van der Waals surface area contributed by atoms with E-state index < -0.39 is 0 Å². The molecular weight excluding hydrogens is 871 g/mol. The van der Waals surface area contributed by atoms with Gasteiger partial charge in [-0.05, 0) is 153 Å². The van der Waals surface area contributed by atoms with E-state index in [-0.39, 0.29) is 5.41 Å². The Bertz CT molecular complexity index is 4200.